The molecule has 3 aliphatic heterocycles. The number of rotatable bonds is 1. The van der Waals surface area contributed by atoms with Crippen molar-refractivity contribution in [3.63, 3.8) is 0 Å². The van der Waals surface area contributed by atoms with E-state index in [9.17, 15) is 9.18 Å². The maximum atomic E-state index is 14.7. The Labute approximate surface area is 185 Å². The van der Waals surface area contributed by atoms with Crippen LogP contribution in [0.5, 0.6) is 5.75 Å². The van der Waals surface area contributed by atoms with Crippen LogP contribution >= 0.6 is 0 Å². The molecule has 0 saturated carbocycles. The van der Waals surface area contributed by atoms with Gasteiger partial charge in [-0.1, -0.05) is 6.08 Å². The predicted octanol–water partition coefficient (Wildman–Crippen LogP) is -0.175. The zero-order chi connectivity index (χ0) is 22.1. The largest absolute Gasteiger partial charge is 0.489 e. The lowest BCUT2D eigenvalue weighted by atomic mass is 9.95. The minimum Gasteiger partial charge on any atom is -0.489 e. The first kappa shape index (κ1) is 21.0. The van der Waals surface area contributed by atoms with Gasteiger partial charge in [-0.15, -0.1) is 0 Å². The molecule has 4 heterocycles. The maximum absolute atomic E-state index is 14.7. The van der Waals surface area contributed by atoms with Gasteiger partial charge in [0.15, 0.2) is 6.17 Å². The van der Waals surface area contributed by atoms with Crippen LogP contribution in [0.3, 0.4) is 0 Å². The Morgan fingerprint density at radius 3 is 2.94 bits per heavy atom. The second kappa shape index (κ2) is 8.91. The van der Waals surface area contributed by atoms with Crippen molar-refractivity contribution in [1.29, 1.82) is 0 Å². The Bertz CT molecular complexity index is 1110. The van der Waals surface area contributed by atoms with Crippen molar-refractivity contribution in [1.82, 2.24) is 25.5 Å². The molecule has 4 atom stereocenters. The number of likely N-dealkylation sites (N-methyl/N-ethyl adjacent to an activating group) is 1. The van der Waals surface area contributed by atoms with Crippen molar-refractivity contribution in [2.45, 2.75) is 37.1 Å². The highest BCUT2D eigenvalue weighted by Gasteiger charge is 2.32. The van der Waals surface area contributed by atoms with Crippen LogP contribution < -0.4 is 25.9 Å². The topological polar surface area (TPSA) is 91.7 Å². The minimum absolute atomic E-state index is 0.00774. The fraction of sp³-hybridized carbons (Fsp3) is 0.478. The molecule has 4 bridgehead atoms. The highest BCUT2D eigenvalue weighted by Crippen LogP contribution is 2.26. The molecule has 168 valence electrons. The molecule has 1 fully saturated rings. The number of nitrogens with zero attached hydrogens (tertiary/aromatic N) is 4. The highest BCUT2D eigenvalue weighted by molar-refractivity contribution is 5.82. The summed E-state index contributed by atoms with van der Waals surface area (Å²) in [5.74, 6) is 0.431. The first-order valence-corrected chi connectivity index (χ1v) is 11.0. The van der Waals surface area contributed by atoms with E-state index in [4.69, 9.17) is 9.73 Å². The molecule has 0 spiro atoms. The maximum Gasteiger partial charge on any atom is 0.237 e. The number of halogens is 1. The van der Waals surface area contributed by atoms with Gasteiger partial charge >= 0.3 is 0 Å². The average Bonchev–Trinajstić information content (AvgIpc) is 2.82. The van der Waals surface area contributed by atoms with Crippen LogP contribution in [-0.2, 0) is 4.79 Å². The van der Waals surface area contributed by atoms with Gasteiger partial charge in [-0.25, -0.2) is 14.4 Å². The summed E-state index contributed by atoms with van der Waals surface area (Å²) < 4.78 is 20.8. The van der Waals surface area contributed by atoms with Crippen molar-refractivity contribution >= 4 is 12.0 Å². The van der Waals surface area contributed by atoms with Crippen molar-refractivity contribution in [2.75, 3.05) is 33.3 Å². The summed E-state index contributed by atoms with van der Waals surface area (Å²) in [6.07, 6.45) is 7.30. The van der Waals surface area contributed by atoms with Gasteiger partial charge < -0.3 is 15.4 Å². The average molecular weight is 439 g/mol. The van der Waals surface area contributed by atoms with E-state index in [0.717, 1.165) is 34.7 Å². The normalized spacial score (nSPS) is 28.4. The standard InChI is InChI=1S/C23H27FN6O2/c1-30-5-4-16-7-21(30)23(31)28-10-15(24)12-32-22-18(14-8-25-13-26-9-14)2-3-20-19(22)6-17(29-16)11-27-20/h2-3,6,8-9,13,15-17,21,29H,4-5,7,10-12H2,1H3,(H,28,31)/t15?,16-,17?,21-/m0/s1. The van der Waals surface area contributed by atoms with Crippen LogP contribution in [-0.4, -0.2) is 78.4 Å². The zero-order valence-electron chi connectivity index (χ0n) is 18.0. The molecule has 5 rings (SSSR count). The quantitative estimate of drug-likeness (QED) is 0.642. The third kappa shape index (κ3) is 4.22. The van der Waals surface area contributed by atoms with Gasteiger partial charge in [-0.2, -0.15) is 0 Å². The Balaban J connectivity index is 1.56. The van der Waals surface area contributed by atoms with Gasteiger partial charge in [0.05, 0.1) is 24.5 Å². The van der Waals surface area contributed by atoms with Crippen LogP contribution in [0.1, 0.15) is 12.8 Å². The number of piperidine rings is 1. The van der Waals surface area contributed by atoms with Crippen molar-refractivity contribution < 1.29 is 13.9 Å². The number of ether oxygens (including phenoxy) is 1. The van der Waals surface area contributed by atoms with Crippen LogP contribution in [0.2, 0.25) is 0 Å². The molecule has 0 radical (unpaired) electrons. The Hall–Kier alpha value is -2.91. The third-order valence-corrected chi connectivity index (χ3v) is 6.40. The van der Waals surface area contributed by atoms with E-state index in [1.807, 2.05) is 24.1 Å². The fourth-order valence-electron chi connectivity index (χ4n) is 4.67. The second-order valence-electron chi connectivity index (χ2n) is 8.65. The van der Waals surface area contributed by atoms with E-state index in [1.165, 1.54) is 6.33 Å². The monoisotopic (exact) mass is 438 g/mol. The highest BCUT2D eigenvalue weighted by atomic mass is 19.1. The number of likely N-dealkylation sites (tertiary alicyclic amines) is 1. The van der Waals surface area contributed by atoms with Crippen LogP contribution in [0.15, 0.2) is 35.8 Å². The van der Waals surface area contributed by atoms with Gasteiger partial charge in [-0.05, 0) is 32.0 Å². The molecule has 32 heavy (non-hydrogen) atoms. The summed E-state index contributed by atoms with van der Waals surface area (Å²) in [6, 6.07) is 3.79. The fourth-order valence-corrected chi connectivity index (χ4v) is 4.67. The SMILES string of the molecule is CN1CC[C@H]2C[C@H]1C(=O)NCC(F)COc1c(-c3cncnc3)ccc3c1=CC(CN=3)N2. The Morgan fingerprint density at radius 1 is 1.25 bits per heavy atom. The molecule has 1 aromatic carbocycles. The zero-order valence-corrected chi connectivity index (χ0v) is 18.0. The summed E-state index contributed by atoms with van der Waals surface area (Å²) in [6.45, 7) is 1.15. The number of amides is 1. The van der Waals surface area contributed by atoms with Gasteiger partial charge in [0.25, 0.3) is 0 Å². The Kier molecular flexibility index (Phi) is 5.84. The molecule has 1 amide bonds. The molecule has 1 aromatic heterocycles. The van der Waals surface area contributed by atoms with Crippen LogP contribution in [0.25, 0.3) is 17.2 Å². The number of alkyl halides is 1. The molecule has 2 N–H and O–H groups in total. The van der Waals surface area contributed by atoms with Crippen molar-refractivity contribution in [3.05, 3.63) is 41.4 Å². The number of carbonyl (C=O) groups is 1. The molecular weight excluding hydrogens is 411 g/mol. The van der Waals surface area contributed by atoms with Crippen molar-refractivity contribution in [2.24, 2.45) is 4.99 Å². The molecule has 9 heteroatoms. The number of aromatic nitrogens is 2. The third-order valence-electron chi connectivity index (χ3n) is 6.40. The number of carbonyl (C=O) groups excluding carboxylic acids is 1. The second-order valence-corrected chi connectivity index (χ2v) is 8.65. The number of hydrogen-bond acceptors (Lipinski definition) is 7. The number of fused-ring (bicyclic) bond motifs is 3. The van der Waals surface area contributed by atoms with E-state index < -0.39 is 6.17 Å². The minimum atomic E-state index is -1.34. The summed E-state index contributed by atoms with van der Waals surface area (Å²) in [5, 5.41) is 8.13. The summed E-state index contributed by atoms with van der Waals surface area (Å²) in [4.78, 5) is 27.7. The van der Waals surface area contributed by atoms with E-state index in [-0.39, 0.29) is 37.2 Å². The smallest absolute Gasteiger partial charge is 0.237 e. The summed E-state index contributed by atoms with van der Waals surface area (Å²) >= 11 is 0. The lowest BCUT2D eigenvalue weighted by Gasteiger charge is -2.38. The van der Waals surface area contributed by atoms with Crippen LogP contribution in [0.4, 0.5) is 4.39 Å². The lowest BCUT2D eigenvalue weighted by Crippen LogP contribution is -2.56. The predicted molar refractivity (Wildman–Crippen MR) is 117 cm³/mol. The number of hydrogen-bond donors (Lipinski definition) is 2. The first-order chi connectivity index (χ1) is 15.6. The van der Waals surface area contributed by atoms with E-state index in [1.54, 1.807) is 12.4 Å². The molecule has 0 aliphatic carbocycles. The van der Waals surface area contributed by atoms with Crippen LogP contribution in [0, 0.1) is 0 Å². The van der Waals surface area contributed by atoms with Gasteiger partial charge in [0.1, 0.15) is 18.7 Å². The van der Waals surface area contributed by atoms with Gasteiger partial charge in [0, 0.05) is 47.4 Å². The van der Waals surface area contributed by atoms with Gasteiger partial charge in [-0.3, -0.25) is 14.7 Å². The number of nitrogens with one attached hydrogen (secondary N) is 2. The van der Waals surface area contributed by atoms with Gasteiger partial charge in [0.2, 0.25) is 5.91 Å². The summed E-state index contributed by atoms with van der Waals surface area (Å²) in [5.41, 5.74) is 1.58. The Morgan fingerprint density at radius 2 is 2.09 bits per heavy atom. The summed E-state index contributed by atoms with van der Waals surface area (Å²) in [7, 11) is 1.94. The van der Waals surface area contributed by atoms with E-state index in [0.29, 0.717) is 18.7 Å². The first-order valence-electron chi connectivity index (χ1n) is 11.0. The molecule has 1 saturated heterocycles. The van der Waals surface area contributed by atoms with E-state index >= 15 is 0 Å². The molecule has 3 aliphatic rings. The molecule has 2 unspecified atom stereocenters. The molecule has 2 aromatic rings. The van der Waals surface area contributed by atoms with Crippen molar-refractivity contribution in [3.8, 4) is 16.9 Å². The number of benzene rings is 1. The molecular formula is C23H27FN6O2. The van der Waals surface area contributed by atoms with E-state index in [2.05, 4.69) is 26.7 Å². The molecule has 8 nitrogen and oxygen atoms in total. The lowest BCUT2D eigenvalue weighted by molar-refractivity contribution is -0.127.